The summed E-state index contributed by atoms with van der Waals surface area (Å²) in [5.41, 5.74) is 1.92. The maximum Gasteiger partial charge on any atom is 0.417 e. The summed E-state index contributed by atoms with van der Waals surface area (Å²) < 4.78 is 21.1. The van der Waals surface area contributed by atoms with Crippen LogP contribution in [-0.4, -0.2) is 33.2 Å². The van der Waals surface area contributed by atoms with E-state index in [2.05, 4.69) is 17.5 Å². The zero-order valence-corrected chi connectivity index (χ0v) is 17.2. The molecule has 6 heteroatoms. The minimum absolute atomic E-state index is 0.226. The van der Waals surface area contributed by atoms with Gasteiger partial charge in [0.2, 0.25) is 0 Å². The number of carbonyl (C=O) groups excluding carboxylic acids is 1. The van der Waals surface area contributed by atoms with E-state index in [0.717, 1.165) is 19.3 Å². The van der Waals surface area contributed by atoms with Crippen molar-refractivity contribution in [3.63, 3.8) is 0 Å². The molecule has 0 bridgehead atoms. The van der Waals surface area contributed by atoms with Gasteiger partial charge in [0, 0.05) is 26.0 Å². The van der Waals surface area contributed by atoms with E-state index in [1.807, 2.05) is 31.2 Å². The quantitative estimate of drug-likeness (QED) is 0.320. The Morgan fingerprint density at radius 3 is 2.48 bits per heavy atom. The first-order chi connectivity index (χ1) is 14.1. The third-order valence-electron chi connectivity index (χ3n) is 4.20. The Labute approximate surface area is 172 Å². The van der Waals surface area contributed by atoms with Crippen molar-refractivity contribution in [2.24, 2.45) is 0 Å². The van der Waals surface area contributed by atoms with Gasteiger partial charge in [0.05, 0.1) is 0 Å². The molecule has 0 aliphatic rings. The Morgan fingerprint density at radius 2 is 1.79 bits per heavy atom. The molecule has 1 amide bonds. The Hall–Kier alpha value is -2.83. The van der Waals surface area contributed by atoms with Gasteiger partial charge in [-0.2, -0.15) is 0 Å². The first-order valence-electron chi connectivity index (χ1n) is 9.62. The van der Waals surface area contributed by atoms with Crippen molar-refractivity contribution in [3.8, 4) is 11.5 Å². The van der Waals surface area contributed by atoms with Crippen LogP contribution in [0.5, 0.6) is 11.5 Å². The van der Waals surface area contributed by atoms with E-state index in [9.17, 15) is 4.79 Å². The lowest BCUT2D eigenvalue weighted by molar-refractivity contribution is -0.121. The SMILES string of the molecule is CC=CCCCc1ccc(NC(=O)Oc2cccc(OCC(OC)OC)c2)cc1. The van der Waals surface area contributed by atoms with Gasteiger partial charge < -0.3 is 18.9 Å². The lowest BCUT2D eigenvalue weighted by Gasteiger charge is -2.14. The van der Waals surface area contributed by atoms with Crippen molar-refractivity contribution in [3.05, 3.63) is 66.2 Å². The first kappa shape index (κ1) is 22.5. The second-order valence-electron chi connectivity index (χ2n) is 6.36. The fraction of sp³-hybridized carbons (Fsp3) is 0.348. The highest BCUT2D eigenvalue weighted by Crippen LogP contribution is 2.20. The summed E-state index contributed by atoms with van der Waals surface area (Å²) in [5.74, 6) is 0.934. The molecule has 0 radical (unpaired) electrons. The maximum atomic E-state index is 12.2. The predicted molar refractivity (Wildman–Crippen MR) is 114 cm³/mol. The van der Waals surface area contributed by atoms with Gasteiger partial charge in [-0.05, 0) is 56.0 Å². The Morgan fingerprint density at radius 1 is 1.07 bits per heavy atom. The molecule has 2 aromatic carbocycles. The average molecular weight is 399 g/mol. The van der Waals surface area contributed by atoms with Crippen LogP contribution in [-0.2, 0) is 15.9 Å². The fourth-order valence-electron chi connectivity index (χ4n) is 2.62. The van der Waals surface area contributed by atoms with E-state index in [1.165, 1.54) is 19.8 Å². The molecular formula is C23H29NO5. The van der Waals surface area contributed by atoms with Crippen LogP contribution in [0, 0.1) is 0 Å². The van der Waals surface area contributed by atoms with E-state index in [0.29, 0.717) is 17.2 Å². The van der Waals surface area contributed by atoms with Gasteiger partial charge in [0.15, 0.2) is 6.29 Å². The monoisotopic (exact) mass is 399 g/mol. The molecule has 0 saturated heterocycles. The van der Waals surface area contributed by atoms with Crippen LogP contribution < -0.4 is 14.8 Å². The molecular weight excluding hydrogens is 370 g/mol. The summed E-state index contributed by atoms with van der Waals surface area (Å²) in [4.78, 5) is 12.2. The number of benzene rings is 2. The topological polar surface area (TPSA) is 66.0 Å². The summed E-state index contributed by atoms with van der Waals surface area (Å²) in [7, 11) is 3.08. The van der Waals surface area contributed by atoms with Crippen molar-refractivity contribution in [1.29, 1.82) is 0 Å². The number of allylic oxidation sites excluding steroid dienone is 2. The van der Waals surface area contributed by atoms with E-state index in [-0.39, 0.29) is 6.61 Å². The highest BCUT2D eigenvalue weighted by Gasteiger charge is 2.09. The van der Waals surface area contributed by atoms with Crippen LogP contribution in [0.2, 0.25) is 0 Å². The van der Waals surface area contributed by atoms with Crippen LogP contribution in [0.1, 0.15) is 25.3 Å². The minimum atomic E-state index is -0.561. The number of unbranched alkanes of at least 4 members (excludes halogenated alkanes) is 1. The second-order valence-corrected chi connectivity index (χ2v) is 6.36. The highest BCUT2D eigenvalue weighted by molar-refractivity contribution is 5.86. The van der Waals surface area contributed by atoms with Crippen LogP contribution in [0.15, 0.2) is 60.7 Å². The lowest BCUT2D eigenvalue weighted by Crippen LogP contribution is -2.22. The van der Waals surface area contributed by atoms with Gasteiger partial charge in [-0.3, -0.25) is 5.32 Å². The molecule has 0 aliphatic heterocycles. The number of aryl methyl sites for hydroxylation is 1. The van der Waals surface area contributed by atoms with Crippen LogP contribution in [0.25, 0.3) is 0 Å². The van der Waals surface area contributed by atoms with Crippen molar-refractivity contribution in [2.45, 2.75) is 32.5 Å². The molecule has 0 fully saturated rings. The van der Waals surface area contributed by atoms with E-state index in [1.54, 1.807) is 24.3 Å². The fourth-order valence-corrected chi connectivity index (χ4v) is 2.62. The number of ether oxygens (including phenoxy) is 4. The third-order valence-corrected chi connectivity index (χ3v) is 4.20. The van der Waals surface area contributed by atoms with Gasteiger partial charge in [-0.15, -0.1) is 0 Å². The highest BCUT2D eigenvalue weighted by atomic mass is 16.7. The van der Waals surface area contributed by atoms with E-state index < -0.39 is 12.4 Å². The molecule has 0 aromatic heterocycles. The molecule has 29 heavy (non-hydrogen) atoms. The van der Waals surface area contributed by atoms with Crippen molar-refractivity contribution in [2.75, 3.05) is 26.1 Å². The summed E-state index contributed by atoms with van der Waals surface area (Å²) in [5, 5.41) is 2.73. The molecule has 0 spiro atoms. The molecule has 0 saturated carbocycles. The van der Waals surface area contributed by atoms with Crippen molar-refractivity contribution >= 4 is 11.8 Å². The molecule has 156 valence electrons. The number of methoxy groups -OCH3 is 2. The smallest absolute Gasteiger partial charge is 0.417 e. The summed E-state index contributed by atoms with van der Waals surface area (Å²) in [6.45, 7) is 2.25. The van der Waals surface area contributed by atoms with E-state index in [4.69, 9.17) is 18.9 Å². The lowest BCUT2D eigenvalue weighted by atomic mass is 10.1. The summed E-state index contributed by atoms with van der Waals surface area (Å²) in [6, 6.07) is 14.6. The zero-order valence-electron chi connectivity index (χ0n) is 17.2. The number of carbonyl (C=O) groups is 1. The number of nitrogens with one attached hydrogen (secondary N) is 1. The molecule has 0 unspecified atom stereocenters. The Balaban J connectivity index is 1.83. The van der Waals surface area contributed by atoms with Crippen molar-refractivity contribution in [1.82, 2.24) is 0 Å². The summed E-state index contributed by atoms with van der Waals surface area (Å²) in [6.07, 6.45) is 6.39. The number of hydrogen-bond acceptors (Lipinski definition) is 5. The van der Waals surface area contributed by atoms with Gasteiger partial charge in [-0.25, -0.2) is 4.79 Å². The van der Waals surface area contributed by atoms with Crippen LogP contribution in [0.4, 0.5) is 10.5 Å². The molecule has 2 rings (SSSR count). The molecule has 6 nitrogen and oxygen atoms in total. The normalized spacial score (nSPS) is 11.0. The maximum absolute atomic E-state index is 12.2. The first-order valence-corrected chi connectivity index (χ1v) is 9.62. The van der Waals surface area contributed by atoms with Crippen LogP contribution in [0.3, 0.4) is 0 Å². The number of anilines is 1. The second kappa shape index (κ2) is 12.6. The molecule has 1 N–H and O–H groups in total. The molecule has 2 aromatic rings. The zero-order chi connectivity index (χ0) is 20.9. The molecule has 0 atom stereocenters. The van der Waals surface area contributed by atoms with Gasteiger partial charge >= 0.3 is 6.09 Å². The largest absolute Gasteiger partial charge is 0.488 e. The Kier molecular flexibility index (Phi) is 9.75. The average Bonchev–Trinajstić information content (AvgIpc) is 2.73. The van der Waals surface area contributed by atoms with Gasteiger partial charge in [-0.1, -0.05) is 30.4 Å². The van der Waals surface area contributed by atoms with Gasteiger partial charge in [0.1, 0.15) is 18.1 Å². The van der Waals surface area contributed by atoms with Gasteiger partial charge in [0.25, 0.3) is 0 Å². The Bertz CT molecular complexity index is 769. The number of hydrogen-bond donors (Lipinski definition) is 1. The predicted octanol–water partition coefficient (Wildman–Crippen LogP) is 5.19. The van der Waals surface area contributed by atoms with Crippen LogP contribution >= 0.6 is 0 Å². The van der Waals surface area contributed by atoms with E-state index >= 15 is 0 Å². The standard InChI is InChI=1S/C23H29NO5/c1-4-5-6-7-9-18-12-14-19(15-13-18)24-23(25)29-21-11-8-10-20(16-21)28-17-22(26-2)27-3/h4-5,8,10-16,22H,6-7,9,17H2,1-3H3,(H,24,25). The molecule has 0 aliphatic carbocycles. The summed E-state index contributed by atoms with van der Waals surface area (Å²) >= 11 is 0. The third kappa shape index (κ3) is 8.37. The molecule has 0 heterocycles. The number of amides is 1. The van der Waals surface area contributed by atoms with Crippen molar-refractivity contribution < 1.29 is 23.7 Å². The minimum Gasteiger partial charge on any atom is -0.488 e. The number of rotatable bonds is 11.